The van der Waals surface area contributed by atoms with Gasteiger partial charge >= 0.3 is 0 Å². The van der Waals surface area contributed by atoms with Crippen LogP contribution in [0.4, 0.5) is 0 Å². The summed E-state index contributed by atoms with van der Waals surface area (Å²) in [5.74, 6) is 6.51. The fourth-order valence-corrected chi connectivity index (χ4v) is 1.89. The predicted octanol–water partition coefficient (Wildman–Crippen LogP) is 2.33. The van der Waals surface area contributed by atoms with E-state index >= 15 is 0 Å². The maximum Gasteiger partial charge on any atom is 0.137 e. The zero-order valence-electron chi connectivity index (χ0n) is 8.35. The van der Waals surface area contributed by atoms with Crippen LogP contribution in [0.15, 0.2) is 18.2 Å². The van der Waals surface area contributed by atoms with E-state index in [9.17, 15) is 4.79 Å². The summed E-state index contributed by atoms with van der Waals surface area (Å²) in [7, 11) is 0. The summed E-state index contributed by atoms with van der Waals surface area (Å²) in [5.41, 5.74) is 3.40. The minimum Gasteiger partial charge on any atom is -0.299 e. The van der Waals surface area contributed by atoms with Crippen molar-refractivity contribution in [3.8, 4) is 11.8 Å². The van der Waals surface area contributed by atoms with Gasteiger partial charge in [-0.1, -0.05) is 17.9 Å². The third-order valence-corrected chi connectivity index (χ3v) is 2.70. The lowest BCUT2D eigenvalue weighted by Crippen LogP contribution is -2.13. The highest BCUT2D eigenvalue weighted by atomic mass is 35.5. The molecule has 1 nitrogen and oxygen atoms in total. The van der Waals surface area contributed by atoms with Gasteiger partial charge in [0.2, 0.25) is 0 Å². The van der Waals surface area contributed by atoms with E-state index in [4.69, 9.17) is 11.6 Å². The van der Waals surface area contributed by atoms with Crippen molar-refractivity contribution in [2.45, 2.75) is 19.3 Å². The first-order valence-corrected chi connectivity index (χ1v) is 5.51. The number of halogens is 1. The average Bonchev–Trinajstić information content (AvgIpc) is 2.26. The Balaban J connectivity index is 2.30. The fourth-order valence-electron chi connectivity index (χ4n) is 1.82. The molecule has 2 rings (SSSR count). The lowest BCUT2D eigenvalue weighted by atomic mass is 9.90. The first kappa shape index (κ1) is 10.3. The van der Waals surface area contributed by atoms with E-state index in [1.54, 1.807) is 0 Å². The Morgan fingerprint density at radius 1 is 1.27 bits per heavy atom. The molecule has 15 heavy (non-hydrogen) atoms. The van der Waals surface area contributed by atoms with Crippen LogP contribution in [0, 0.1) is 11.8 Å². The summed E-state index contributed by atoms with van der Waals surface area (Å²) in [5, 5.41) is 0. The number of alkyl halides is 1. The molecule has 1 aliphatic rings. The van der Waals surface area contributed by atoms with Crippen molar-refractivity contribution in [3.05, 3.63) is 34.9 Å². The Morgan fingerprint density at radius 3 is 2.93 bits per heavy atom. The number of hydrogen-bond donors (Lipinski definition) is 0. The quantitative estimate of drug-likeness (QED) is 0.483. The monoisotopic (exact) mass is 218 g/mol. The summed E-state index contributed by atoms with van der Waals surface area (Å²) in [6.07, 6.45) is 2.10. The zero-order chi connectivity index (χ0) is 10.7. The minimum atomic E-state index is 0.335. The van der Waals surface area contributed by atoms with Gasteiger partial charge in [-0.3, -0.25) is 4.79 Å². The average molecular weight is 219 g/mol. The molecular formula is C13H11ClO. The molecule has 0 bridgehead atoms. The molecule has 0 saturated carbocycles. The standard InChI is InChI=1S/C13H11ClO/c14-7-1-2-10-3-4-12-9-13(15)6-5-11(12)8-10/h3-4,8H,5-7,9H2. The van der Waals surface area contributed by atoms with Crippen molar-refractivity contribution in [3.63, 3.8) is 0 Å². The largest absolute Gasteiger partial charge is 0.299 e. The van der Waals surface area contributed by atoms with Crippen molar-refractivity contribution in [1.29, 1.82) is 0 Å². The van der Waals surface area contributed by atoms with Crippen molar-refractivity contribution >= 4 is 17.4 Å². The van der Waals surface area contributed by atoms with Crippen LogP contribution in [-0.2, 0) is 17.6 Å². The van der Waals surface area contributed by atoms with E-state index in [0.717, 1.165) is 17.5 Å². The highest BCUT2D eigenvalue weighted by molar-refractivity contribution is 6.19. The van der Waals surface area contributed by atoms with E-state index in [1.165, 1.54) is 5.56 Å². The van der Waals surface area contributed by atoms with E-state index in [2.05, 4.69) is 17.9 Å². The number of ketones is 1. The van der Waals surface area contributed by atoms with Crippen molar-refractivity contribution in [2.75, 3.05) is 5.88 Å². The van der Waals surface area contributed by atoms with E-state index in [1.807, 2.05) is 12.1 Å². The fraction of sp³-hybridized carbons (Fsp3) is 0.308. The highest BCUT2D eigenvalue weighted by Crippen LogP contribution is 2.20. The van der Waals surface area contributed by atoms with Crippen LogP contribution in [0.1, 0.15) is 23.1 Å². The Kier molecular flexibility index (Phi) is 3.08. The van der Waals surface area contributed by atoms with Crippen molar-refractivity contribution < 1.29 is 4.79 Å². The topological polar surface area (TPSA) is 17.1 Å². The highest BCUT2D eigenvalue weighted by Gasteiger charge is 2.14. The van der Waals surface area contributed by atoms with Crippen LogP contribution >= 0.6 is 11.6 Å². The zero-order valence-corrected chi connectivity index (χ0v) is 9.10. The molecule has 0 aromatic heterocycles. The second-order valence-corrected chi connectivity index (χ2v) is 3.90. The predicted molar refractivity (Wildman–Crippen MR) is 61.1 cm³/mol. The SMILES string of the molecule is O=C1CCc2cc(C#CCCl)ccc2C1. The first-order chi connectivity index (χ1) is 7.29. The Bertz CT molecular complexity index is 451. The van der Waals surface area contributed by atoms with Crippen molar-refractivity contribution in [1.82, 2.24) is 0 Å². The molecule has 0 unspecified atom stereocenters. The van der Waals surface area contributed by atoms with E-state index < -0.39 is 0 Å². The number of hydrogen-bond acceptors (Lipinski definition) is 1. The molecule has 1 aromatic carbocycles. The molecule has 0 fully saturated rings. The summed E-state index contributed by atoms with van der Waals surface area (Å²) < 4.78 is 0. The molecule has 0 amide bonds. The molecule has 1 aromatic rings. The van der Waals surface area contributed by atoms with Gasteiger partial charge in [-0.25, -0.2) is 0 Å². The van der Waals surface area contributed by atoms with Gasteiger partial charge in [0.05, 0.1) is 5.88 Å². The summed E-state index contributed by atoms with van der Waals surface area (Å²) in [4.78, 5) is 11.2. The van der Waals surface area contributed by atoms with Crippen LogP contribution < -0.4 is 0 Å². The molecule has 76 valence electrons. The van der Waals surface area contributed by atoms with Gasteiger partial charge in [0.25, 0.3) is 0 Å². The summed E-state index contributed by atoms with van der Waals surface area (Å²) in [6.45, 7) is 0. The number of aryl methyl sites for hydroxylation is 1. The first-order valence-electron chi connectivity index (χ1n) is 4.98. The Morgan fingerprint density at radius 2 is 2.13 bits per heavy atom. The molecule has 2 heteroatoms. The summed E-state index contributed by atoms with van der Waals surface area (Å²) >= 11 is 5.50. The van der Waals surface area contributed by atoms with Crippen LogP contribution in [0.3, 0.4) is 0 Å². The molecular weight excluding hydrogens is 208 g/mol. The second kappa shape index (κ2) is 4.51. The molecule has 0 spiro atoms. The molecule has 0 N–H and O–H groups in total. The maximum absolute atomic E-state index is 11.2. The van der Waals surface area contributed by atoms with Crippen LogP contribution in [0.5, 0.6) is 0 Å². The lowest BCUT2D eigenvalue weighted by molar-refractivity contribution is -0.118. The second-order valence-electron chi connectivity index (χ2n) is 3.63. The number of benzene rings is 1. The number of rotatable bonds is 0. The molecule has 1 aliphatic carbocycles. The van der Waals surface area contributed by atoms with Gasteiger partial charge in [0.15, 0.2) is 0 Å². The molecule has 0 heterocycles. The van der Waals surface area contributed by atoms with Gasteiger partial charge in [0, 0.05) is 18.4 Å². The van der Waals surface area contributed by atoms with Gasteiger partial charge < -0.3 is 0 Å². The van der Waals surface area contributed by atoms with Crippen LogP contribution in [0.25, 0.3) is 0 Å². The number of fused-ring (bicyclic) bond motifs is 1. The lowest BCUT2D eigenvalue weighted by Gasteiger charge is -2.14. The number of carbonyl (C=O) groups is 1. The minimum absolute atomic E-state index is 0.335. The summed E-state index contributed by atoms with van der Waals surface area (Å²) in [6, 6.07) is 6.03. The third kappa shape index (κ3) is 2.40. The van der Waals surface area contributed by atoms with Gasteiger partial charge in [-0.15, -0.1) is 11.6 Å². The van der Waals surface area contributed by atoms with E-state index in [-0.39, 0.29) is 0 Å². The van der Waals surface area contributed by atoms with Gasteiger partial charge in [-0.05, 0) is 29.7 Å². The number of carbonyl (C=O) groups excluding carboxylic acids is 1. The Labute approximate surface area is 94.4 Å². The maximum atomic E-state index is 11.2. The molecule has 0 saturated heterocycles. The normalized spacial score (nSPS) is 14.1. The molecule has 0 radical (unpaired) electrons. The smallest absolute Gasteiger partial charge is 0.137 e. The third-order valence-electron chi connectivity index (χ3n) is 2.57. The van der Waals surface area contributed by atoms with Gasteiger partial charge in [0.1, 0.15) is 5.78 Å². The van der Waals surface area contributed by atoms with E-state index in [0.29, 0.717) is 24.5 Å². The van der Waals surface area contributed by atoms with Crippen molar-refractivity contribution in [2.24, 2.45) is 0 Å². The Hall–Kier alpha value is -1.26. The number of Topliss-reactive ketones (excluding diaryl/α,β-unsaturated/α-hetero) is 1. The molecule has 0 atom stereocenters. The van der Waals surface area contributed by atoms with Gasteiger partial charge in [-0.2, -0.15) is 0 Å². The van der Waals surface area contributed by atoms with Crippen LogP contribution in [0.2, 0.25) is 0 Å². The van der Waals surface area contributed by atoms with Crippen LogP contribution in [-0.4, -0.2) is 11.7 Å². The molecule has 0 aliphatic heterocycles.